The summed E-state index contributed by atoms with van der Waals surface area (Å²) in [5.41, 5.74) is 0.977. The van der Waals surface area contributed by atoms with E-state index in [4.69, 9.17) is 21.1 Å². The van der Waals surface area contributed by atoms with Gasteiger partial charge in [-0.2, -0.15) is 0 Å². The number of benzene rings is 2. The number of esters is 2. The minimum atomic E-state index is -1.46. The highest BCUT2D eigenvalue weighted by molar-refractivity contribution is 6.24. The molecule has 0 fully saturated rings. The topological polar surface area (TPSA) is 69.7 Å². The van der Waals surface area contributed by atoms with Crippen molar-refractivity contribution in [2.45, 2.75) is 19.2 Å². The minimum Gasteiger partial charge on any atom is -0.465 e. The lowest BCUT2D eigenvalue weighted by atomic mass is 9.80. The fraction of sp³-hybridized carbons (Fsp3) is 0.318. The van der Waals surface area contributed by atoms with Gasteiger partial charge in [0.15, 0.2) is 11.7 Å². The second-order valence-electron chi connectivity index (χ2n) is 6.05. The van der Waals surface area contributed by atoms with E-state index >= 15 is 0 Å². The molecule has 0 unspecified atom stereocenters. The summed E-state index contributed by atoms with van der Waals surface area (Å²) < 4.78 is 10.1. The lowest BCUT2D eigenvalue weighted by molar-refractivity contribution is -0.163. The van der Waals surface area contributed by atoms with Gasteiger partial charge in [-0.15, -0.1) is 11.6 Å². The number of carbonyl (C=O) groups is 3. The van der Waals surface area contributed by atoms with Gasteiger partial charge >= 0.3 is 11.9 Å². The van der Waals surface area contributed by atoms with Crippen molar-refractivity contribution in [3.63, 3.8) is 0 Å². The zero-order chi connectivity index (χ0) is 20.5. The van der Waals surface area contributed by atoms with E-state index in [1.54, 1.807) is 68.4 Å². The van der Waals surface area contributed by atoms with Crippen LogP contribution in [0, 0.1) is 11.8 Å². The molecule has 0 spiro atoms. The van der Waals surface area contributed by atoms with Gasteiger partial charge in [0.05, 0.1) is 24.5 Å². The van der Waals surface area contributed by atoms with E-state index in [2.05, 4.69) is 0 Å². The van der Waals surface area contributed by atoms with Gasteiger partial charge in [-0.25, -0.2) is 0 Å². The Morgan fingerprint density at radius 2 is 1.29 bits per heavy atom. The maximum atomic E-state index is 13.3. The first-order valence-electron chi connectivity index (χ1n) is 9.12. The Morgan fingerprint density at radius 1 is 0.821 bits per heavy atom. The summed E-state index contributed by atoms with van der Waals surface area (Å²) in [6, 6.07) is 17.3. The van der Waals surface area contributed by atoms with E-state index in [0.717, 1.165) is 0 Å². The number of carbonyl (C=O) groups excluding carboxylic acids is 3. The molecule has 2 atom stereocenters. The van der Waals surface area contributed by atoms with Gasteiger partial charge in [-0.1, -0.05) is 60.7 Å². The first-order valence-corrected chi connectivity index (χ1v) is 9.56. The minimum absolute atomic E-state index is 0.0687. The van der Waals surface area contributed by atoms with Gasteiger partial charge in [0, 0.05) is 5.56 Å². The standard InChI is InChI=1S/C22H23ClO5/c1-3-27-21(25)18(22(26)28-4-2)17(19(23)15-11-7-5-8-12-15)20(24)16-13-9-6-10-14-16/h5-14,17-19H,3-4H2,1-2H3/t17-,19-/m1/s1. The molecule has 0 aliphatic rings. The number of ketones is 1. The van der Waals surface area contributed by atoms with E-state index in [0.29, 0.717) is 11.1 Å². The smallest absolute Gasteiger partial charge is 0.321 e. The molecule has 0 aliphatic carbocycles. The maximum absolute atomic E-state index is 13.3. The molecule has 6 heteroatoms. The summed E-state index contributed by atoms with van der Waals surface area (Å²) in [6.07, 6.45) is 0. The van der Waals surface area contributed by atoms with E-state index in [1.807, 2.05) is 6.07 Å². The largest absolute Gasteiger partial charge is 0.465 e. The van der Waals surface area contributed by atoms with E-state index < -0.39 is 34.9 Å². The predicted octanol–water partition coefficient (Wildman–Crippen LogP) is 4.21. The maximum Gasteiger partial charge on any atom is 0.321 e. The quantitative estimate of drug-likeness (QED) is 0.272. The van der Waals surface area contributed by atoms with Gasteiger partial charge in [0.2, 0.25) is 0 Å². The molecule has 5 nitrogen and oxygen atoms in total. The van der Waals surface area contributed by atoms with Crippen molar-refractivity contribution >= 4 is 29.3 Å². The van der Waals surface area contributed by atoms with E-state index in [-0.39, 0.29) is 13.2 Å². The normalized spacial score (nSPS) is 12.9. The Labute approximate surface area is 169 Å². The van der Waals surface area contributed by atoms with Crippen molar-refractivity contribution < 1.29 is 23.9 Å². The summed E-state index contributed by atoms with van der Waals surface area (Å²) in [4.78, 5) is 38.6. The second kappa shape index (κ2) is 10.6. The molecule has 148 valence electrons. The molecule has 0 saturated carbocycles. The Hall–Kier alpha value is -2.66. The average molecular weight is 403 g/mol. The molecular formula is C22H23ClO5. The molecule has 0 bridgehead atoms. The second-order valence-corrected chi connectivity index (χ2v) is 6.52. The molecule has 0 radical (unpaired) electrons. The van der Waals surface area contributed by atoms with Crippen molar-refractivity contribution in [1.29, 1.82) is 0 Å². The highest BCUT2D eigenvalue weighted by atomic mass is 35.5. The highest BCUT2D eigenvalue weighted by Gasteiger charge is 2.46. The first kappa shape index (κ1) is 21.6. The van der Waals surface area contributed by atoms with Gasteiger partial charge in [0.25, 0.3) is 0 Å². The number of hydrogen-bond donors (Lipinski definition) is 0. The van der Waals surface area contributed by atoms with Crippen LogP contribution in [-0.4, -0.2) is 30.9 Å². The zero-order valence-corrected chi connectivity index (χ0v) is 16.6. The third-order valence-corrected chi connectivity index (χ3v) is 4.76. The SMILES string of the molecule is CCOC(=O)C(C(=O)OCC)[C@@H](C(=O)c1ccccc1)[C@H](Cl)c1ccccc1. The van der Waals surface area contributed by atoms with Gasteiger partial charge < -0.3 is 9.47 Å². The van der Waals surface area contributed by atoms with Crippen molar-refractivity contribution in [3.8, 4) is 0 Å². The number of alkyl halides is 1. The number of Topliss-reactive ketones (excluding diaryl/α,β-unsaturated/α-hetero) is 1. The van der Waals surface area contributed by atoms with Crippen LogP contribution in [0.1, 0.15) is 35.1 Å². The molecule has 0 aromatic heterocycles. The Bertz CT molecular complexity index is 773. The van der Waals surface area contributed by atoms with Crippen molar-refractivity contribution in [2.24, 2.45) is 11.8 Å². The number of rotatable bonds is 9. The van der Waals surface area contributed by atoms with Crippen LogP contribution in [-0.2, 0) is 19.1 Å². The summed E-state index contributed by atoms with van der Waals surface area (Å²) >= 11 is 6.66. The molecule has 2 aromatic carbocycles. The van der Waals surface area contributed by atoms with Gasteiger partial charge in [-0.3, -0.25) is 14.4 Å². The van der Waals surface area contributed by atoms with Crippen LogP contribution < -0.4 is 0 Å². The number of ether oxygens (including phenoxy) is 2. The van der Waals surface area contributed by atoms with Crippen LogP contribution in [0.4, 0.5) is 0 Å². The van der Waals surface area contributed by atoms with Crippen molar-refractivity contribution in [1.82, 2.24) is 0 Å². The Morgan fingerprint density at radius 3 is 1.75 bits per heavy atom. The van der Waals surface area contributed by atoms with Crippen molar-refractivity contribution in [3.05, 3.63) is 71.8 Å². The van der Waals surface area contributed by atoms with Crippen LogP contribution in [0.2, 0.25) is 0 Å². The molecule has 28 heavy (non-hydrogen) atoms. The molecule has 0 heterocycles. The van der Waals surface area contributed by atoms with Crippen LogP contribution in [0.3, 0.4) is 0 Å². The lowest BCUT2D eigenvalue weighted by Crippen LogP contribution is -2.40. The Balaban J connectivity index is 2.54. The predicted molar refractivity (Wildman–Crippen MR) is 106 cm³/mol. The average Bonchev–Trinajstić information content (AvgIpc) is 2.72. The zero-order valence-electron chi connectivity index (χ0n) is 15.8. The lowest BCUT2D eigenvalue weighted by Gasteiger charge is -2.27. The van der Waals surface area contributed by atoms with Crippen LogP contribution in [0.25, 0.3) is 0 Å². The van der Waals surface area contributed by atoms with E-state index in [1.165, 1.54) is 0 Å². The summed E-state index contributed by atoms with van der Waals surface area (Å²) in [7, 11) is 0. The molecule has 0 aliphatic heterocycles. The first-order chi connectivity index (χ1) is 13.5. The van der Waals surface area contributed by atoms with E-state index in [9.17, 15) is 14.4 Å². The third-order valence-electron chi connectivity index (χ3n) is 4.23. The van der Waals surface area contributed by atoms with Crippen LogP contribution in [0.15, 0.2) is 60.7 Å². The highest BCUT2D eigenvalue weighted by Crippen LogP contribution is 2.37. The van der Waals surface area contributed by atoms with Gasteiger partial charge in [0.1, 0.15) is 0 Å². The molecule has 2 rings (SSSR count). The number of hydrogen-bond acceptors (Lipinski definition) is 5. The molecular weight excluding hydrogens is 380 g/mol. The summed E-state index contributed by atoms with van der Waals surface area (Å²) in [5, 5.41) is -0.923. The molecule has 2 aromatic rings. The molecule has 0 amide bonds. The molecule has 0 N–H and O–H groups in total. The van der Waals surface area contributed by atoms with Crippen molar-refractivity contribution in [2.75, 3.05) is 13.2 Å². The third kappa shape index (κ3) is 5.20. The molecule has 0 saturated heterocycles. The summed E-state index contributed by atoms with van der Waals surface area (Å²) in [5.74, 6) is -4.70. The summed E-state index contributed by atoms with van der Waals surface area (Å²) in [6.45, 7) is 3.39. The Kier molecular flexibility index (Phi) is 8.20. The monoisotopic (exact) mass is 402 g/mol. The number of halogens is 1. The van der Waals surface area contributed by atoms with Gasteiger partial charge in [-0.05, 0) is 19.4 Å². The van der Waals surface area contributed by atoms with Crippen LogP contribution >= 0.6 is 11.6 Å². The van der Waals surface area contributed by atoms with Crippen LogP contribution in [0.5, 0.6) is 0 Å². The fourth-order valence-electron chi connectivity index (χ4n) is 2.95. The fourth-order valence-corrected chi connectivity index (χ4v) is 3.35.